The number of carbonyl (C=O) groups is 2. The Hall–Kier alpha value is -0.940. The van der Waals surface area contributed by atoms with Gasteiger partial charge < -0.3 is 5.32 Å². The first kappa shape index (κ1) is 11.5. The van der Waals surface area contributed by atoms with Gasteiger partial charge >= 0.3 is 0 Å². The lowest BCUT2D eigenvalue weighted by Gasteiger charge is -2.34. The predicted molar refractivity (Wildman–Crippen MR) is 59.8 cm³/mol. The second-order valence-corrected chi connectivity index (χ2v) is 4.66. The van der Waals surface area contributed by atoms with Gasteiger partial charge in [-0.3, -0.25) is 19.4 Å². The predicted octanol–water partition coefficient (Wildman–Crippen LogP) is -0.572. The smallest absolute Gasteiger partial charge is 0.246 e. The molecule has 0 bridgehead atoms. The van der Waals surface area contributed by atoms with E-state index in [4.69, 9.17) is 0 Å². The molecule has 5 heteroatoms. The van der Waals surface area contributed by atoms with Crippen LogP contribution in [0.5, 0.6) is 0 Å². The van der Waals surface area contributed by atoms with Crippen molar-refractivity contribution in [2.24, 2.45) is 0 Å². The number of rotatable bonds is 2. The Kier molecular flexibility index (Phi) is 3.25. The molecule has 0 aliphatic carbocycles. The minimum Gasteiger partial charge on any atom is -0.317 e. The molecule has 1 unspecified atom stereocenters. The van der Waals surface area contributed by atoms with Crippen LogP contribution in [-0.4, -0.2) is 60.9 Å². The van der Waals surface area contributed by atoms with Gasteiger partial charge in [-0.05, 0) is 33.0 Å². The summed E-state index contributed by atoms with van der Waals surface area (Å²) >= 11 is 0. The summed E-state index contributed by atoms with van der Waals surface area (Å²) in [5, 5.41) is 3.30. The van der Waals surface area contributed by atoms with Crippen LogP contribution in [0.1, 0.15) is 19.3 Å². The quantitative estimate of drug-likeness (QED) is 0.639. The summed E-state index contributed by atoms with van der Waals surface area (Å²) in [5.74, 6) is -0.109. The number of hydrogen-bond donors (Lipinski definition) is 1. The Balaban J connectivity index is 2.01. The molecule has 2 aliphatic heterocycles. The Morgan fingerprint density at radius 3 is 2.44 bits per heavy atom. The molecule has 1 N–H and O–H groups in total. The van der Waals surface area contributed by atoms with E-state index in [1.165, 1.54) is 4.90 Å². The zero-order valence-corrected chi connectivity index (χ0v) is 9.90. The number of nitrogens with one attached hydrogen (secondary N) is 1. The van der Waals surface area contributed by atoms with Crippen LogP contribution in [-0.2, 0) is 9.59 Å². The summed E-state index contributed by atoms with van der Waals surface area (Å²) in [6.07, 6.45) is 2.45. The van der Waals surface area contributed by atoms with E-state index in [9.17, 15) is 9.59 Å². The maximum atomic E-state index is 11.8. The van der Waals surface area contributed by atoms with Crippen LogP contribution in [0.25, 0.3) is 0 Å². The molecular formula is C11H19N3O2. The summed E-state index contributed by atoms with van der Waals surface area (Å²) in [4.78, 5) is 26.6. The first-order valence-electron chi connectivity index (χ1n) is 5.84. The van der Waals surface area contributed by atoms with Gasteiger partial charge in [-0.1, -0.05) is 0 Å². The Labute approximate surface area is 95.8 Å². The van der Waals surface area contributed by atoms with Crippen LogP contribution in [0.2, 0.25) is 0 Å². The number of likely N-dealkylation sites (tertiary alicyclic amines) is 1. The Bertz CT molecular complexity index is 300. The molecule has 0 spiro atoms. The maximum absolute atomic E-state index is 11.8. The number of hydrogen-bond acceptors (Lipinski definition) is 4. The van der Waals surface area contributed by atoms with E-state index in [0.717, 1.165) is 25.9 Å². The number of nitrogens with zero attached hydrogens (tertiary/aromatic N) is 2. The first-order chi connectivity index (χ1) is 7.61. The molecule has 0 radical (unpaired) electrons. The molecule has 1 atom stereocenters. The van der Waals surface area contributed by atoms with Crippen LogP contribution in [0.4, 0.5) is 0 Å². The lowest BCUT2D eigenvalue weighted by atomic mass is 10.0. The van der Waals surface area contributed by atoms with Crippen LogP contribution < -0.4 is 5.32 Å². The molecule has 2 fully saturated rings. The average molecular weight is 225 g/mol. The number of likely N-dealkylation sites (N-methyl/N-ethyl adjacent to an activating group) is 2. The Morgan fingerprint density at radius 2 is 1.94 bits per heavy atom. The molecule has 2 aliphatic rings. The van der Waals surface area contributed by atoms with Gasteiger partial charge in [-0.15, -0.1) is 0 Å². The molecule has 2 heterocycles. The standard InChI is InChI=1S/C11H19N3O2/c1-13(8-3-5-12-6-4-8)9-7-10(15)14(2)11(9)16/h8-9,12H,3-7H2,1-2H3. The van der Waals surface area contributed by atoms with Gasteiger partial charge in [0.25, 0.3) is 0 Å². The molecule has 16 heavy (non-hydrogen) atoms. The highest BCUT2D eigenvalue weighted by molar-refractivity contribution is 6.05. The molecule has 0 aromatic rings. The summed E-state index contributed by atoms with van der Waals surface area (Å²) in [6.45, 7) is 2.00. The fraction of sp³-hybridized carbons (Fsp3) is 0.818. The molecular weight excluding hydrogens is 206 g/mol. The number of imide groups is 1. The zero-order valence-electron chi connectivity index (χ0n) is 9.90. The fourth-order valence-corrected chi connectivity index (χ4v) is 2.52. The SMILES string of the molecule is CN1C(=O)CC(N(C)C2CCNCC2)C1=O. The summed E-state index contributed by atoms with van der Waals surface area (Å²) in [7, 11) is 3.53. The molecule has 2 rings (SSSR count). The van der Waals surface area contributed by atoms with Crippen molar-refractivity contribution in [1.29, 1.82) is 0 Å². The van der Waals surface area contributed by atoms with Gasteiger partial charge in [0.1, 0.15) is 0 Å². The monoisotopic (exact) mass is 225 g/mol. The van der Waals surface area contributed by atoms with Gasteiger partial charge in [-0.25, -0.2) is 0 Å². The molecule has 2 amide bonds. The third kappa shape index (κ3) is 1.97. The number of piperidine rings is 1. The van der Waals surface area contributed by atoms with E-state index in [2.05, 4.69) is 10.2 Å². The third-order valence-corrected chi connectivity index (χ3v) is 3.73. The van der Waals surface area contributed by atoms with Crippen molar-refractivity contribution in [1.82, 2.24) is 15.1 Å². The van der Waals surface area contributed by atoms with Crippen LogP contribution in [0.3, 0.4) is 0 Å². The number of carbonyl (C=O) groups excluding carboxylic acids is 2. The maximum Gasteiger partial charge on any atom is 0.246 e. The van der Waals surface area contributed by atoms with Crippen molar-refractivity contribution >= 4 is 11.8 Å². The lowest BCUT2D eigenvalue weighted by Crippen LogP contribution is -2.48. The minimum atomic E-state index is -0.236. The molecule has 0 saturated carbocycles. The van der Waals surface area contributed by atoms with Gasteiger partial charge in [0.05, 0.1) is 12.5 Å². The van der Waals surface area contributed by atoms with Gasteiger partial charge in [0.2, 0.25) is 11.8 Å². The fourth-order valence-electron chi connectivity index (χ4n) is 2.52. The molecule has 0 aromatic heterocycles. The van der Waals surface area contributed by atoms with Gasteiger partial charge in [0, 0.05) is 13.1 Å². The van der Waals surface area contributed by atoms with E-state index in [-0.39, 0.29) is 17.9 Å². The van der Waals surface area contributed by atoms with Crippen molar-refractivity contribution in [2.45, 2.75) is 31.3 Å². The van der Waals surface area contributed by atoms with E-state index in [1.807, 2.05) is 7.05 Å². The first-order valence-corrected chi connectivity index (χ1v) is 5.84. The highest BCUT2D eigenvalue weighted by Crippen LogP contribution is 2.21. The van der Waals surface area contributed by atoms with E-state index in [1.54, 1.807) is 7.05 Å². The average Bonchev–Trinajstić information content (AvgIpc) is 2.57. The van der Waals surface area contributed by atoms with Crippen molar-refractivity contribution in [3.63, 3.8) is 0 Å². The second kappa shape index (κ2) is 4.51. The van der Waals surface area contributed by atoms with Crippen molar-refractivity contribution in [2.75, 3.05) is 27.2 Å². The van der Waals surface area contributed by atoms with E-state index >= 15 is 0 Å². The normalized spacial score (nSPS) is 28.2. The van der Waals surface area contributed by atoms with Crippen molar-refractivity contribution in [3.8, 4) is 0 Å². The summed E-state index contributed by atoms with van der Waals surface area (Å²) < 4.78 is 0. The minimum absolute atomic E-state index is 0.0500. The van der Waals surface area contributed by atoms with Crippen LogP contribution in [0, 0.1) is 0 Å². The molecule has 0 aromatic carbocycles. The summed E-state index contributed by atoms with van der Waals surface area (Å²) in [5.41, 5.74) is 0. The van der Waals surface area contributed by atoms with Gasteiger partial charge in [0.15, 0.2) is 0 Å². The largest absolute Gasteiger partial charge is 0.317 e. The van der Waals surface area contributed by atoms with E-state index in [0.29, 0.717) is 12.5 Å². The van der Waals surface area contributed by atoms with Gasteiger partial charge in [-0.2, -0.15) is 0 Å². The van der Waals surface area contributed by atoms with Crippen LogP contribution in [0.15, 0.2) is 0 Å². The zero-order chi connectivity index (χ0) is 11.7. The highest BCUT2D eigenvalue weighted by Gasteiger charge is 2.40. The number of amides is 2. The topological polar surface area (TPSA) is 52.7 Å². The summed E-state index contributed by atoms with van der Waals surface area (Å²) in [6, 6.07) is 0.190. The third-order valence-electron chi connectivity index (χ3n) is 3.73. The molecule has 2 saturated heterocycles. The Morgan fingerprint density at radius 1 is 1.31 bits per heavy atom. The molecule has 90 valence electrons. The van der Waals surface area contributed by atoms with E-state index < -0.39 is 0 Å². The van der Waals surface area contributed by atoms with Crippen LogP contribution >= 0.6 is 0 Å². The van der Waals surface area contributed by atoms with Crippen molar-refractivity contribution < 1.29 is 9.59 Å². The highest BCUT2D eigenvalue weighted by atomic mass is 16.2. The second-order valence-electron chi connectivity index (χ2n) is 4.66. The van der Waals surface area contributed by atoms with Crippen molar-refractivity contribution in [3.05, 3.63) is 0 Å². The lowest BCUT2D eigenvalue weighted by molar-refractivity contribution is -0.138. The molecule has 5 nitrogen and oxygen atoms in total.